The van der Waals surface area contributed by atoms with Gasteiger partial charge < -0.3 is 10.1 Å². The first-order valence-electron chi connectivity index (χ1n) is 8.56. The second kappa shape index (κ2) is 7.24. The number of rotatable bonds is 5. The summed E-state index contributed by atoms with van der Waals surface area (Å²) < 4.78 is 5.75. The van der Waals surface area contributed by atoms with Crippen LogP contribution in [-0.4, -0.2) is 49.3 Å². The quantitative estimate of drug-likeness (QED) is 0.839. The van der Waals surface area contributed by atoms with Gasteiger partial charge in [-0.15, -0.1) is 0 Å². The SMILES string of the molecule is CC(C)CC1CN(CC2CCOC2C)C(C(C)C)CN1. The lowest BCUT2D eigenvalue weighted by Gasteiger charge is -2.44. The van der Waals surface area contributed by atoms with Crippen LogP contribution in [0.4, 0.5) is 0 Å². The van der Waals surface area contributed by atoms with Crippen molar-refractivity contribution in [3.8, 4) is 0 Å². The molecule has 0 amide bonds. The molecule has 0 aromatic heterocycles. The normalized spacial score (nSPS) is 36.1. The Kier molecular flexibility index (Phi) is 5.88. The van der Waals surface area contributed by atoms with E-state index in [2.05, 4.69) is 44.8 Å². The average Bonchev–Trinajstić information content (AvgIpc) is 2.74. The zero-order valence-electron chi connectivity index (χ0n) is 14.1. The van der Waals surface area contributed by atoms with Gasteiger partial charge >= 0.3 is 0 Å². The smallest absolute Gasteiger partial charge is 0.0588 e. The van der Waals surface area contributed by atoms with Gasteiger partial charge in [-0.1, -0.05) is 27.7 Å². The maximum absolute atomic E-state index is 5.75. The lowest BCUT2D eigenvalue weighted by Crippen LogP contribution is -2.59. The number of nitrogens with one attached hydrogen (secondary N) is 1. The van der Waals surface area contributed by atoms with Crippen LogP contribution in [0.15, 0.2) is 0 Å². The molecule has 2 heterocycles. The van der Waals surface area contributed by atoms with Gasteiger partial charge in [-0.3, -0.25) is 4.90 Å². The molecule has 0 aromatic rings. The summed E-state index contributed by atoms with van der Waals surface area (Å²) in [7, 11) is 0. The van der Waals surface area contributed by atoms with Gasteiger partial charge in [-0.25, -0.2) is 0 Å². The molecule has 20 heavy (non-hydrogen) atoms. The predicted molar refractivity (Wildman–Crippen MR) is 85.0 cm³/mol. The molecule has 0 bridgehead atoms. The summed E-state index contributed by atoms with van der Waals surface area (Å²) in [4.78, 5) is 2.75. The van der Waals surface area contributed by atoms with Crippen molar-refractivity contribution in [3.05, 3.63) is 0 Å². The summed E-state index contributed by atoms with van der Waals surface area (Å²) in [6, 6.07) is 1.36. The minimum atomic E-state index is 0.446. The van der Waals surface area contributed by atoms with E-state index >= 15 is 0 Å². The van der Waals surface area contributed by atoms with Gasteiger partial charge in [-0.2, -0.15) is 0 Å². The molecule has 2 fully saturated rings. The number of hydrogen-bond acceptors (Lipinski definition) is 3. The molecule has 2 aliphatic rings. The van der Waals surface area contributed by atoms with Crippen LogP contribution in [0.2, 0.25) is 0 Å². The maximum Gasteiger partial charge on any atom is 0.0588 e. The minimum absolute atomic E-state index is 0.446. The maximum atomic E-state index is 5.75. The van der Waals surface area contributed by atoms with E-state index in [1.165, 1.54) is 25.9 Å². The van der Waals surface area contributed by atoms with E-state index in [0.717, 1.165) is 30.9 Å². The molecular formula is C17H34N2O. The van der Waals surface area contributed by atoms with Gasteiger partial charge in [-0.05, 0) is 37.5 Å². The molecule has 1 N–H and O–H groups in total. The standard InChI is InChI=1S/C17H34N2O/c1-12(2)8-16-11-19(17(9-18-16)13(3)4)10-15-6-7-20-14(15)5/h12-18H,6-11H2,1-5H3. The first-order valence-corrected chi connectivity index (χ1v) is 8.56. The highest BCUT2D eigenvalue weighted by Gasteiger charge is 2.34. The Morgan fingerprint density at radius 2 is 2.00 bits per heavy atom. The molecule has 2 rings (SSSR count). The monoisotopic (exact) mass is 282 g/mol. The summed E-state index contributed by atoms with van der Waals surface area (Å²) >= 11 is 0. The van der Waals surface area contributed by atoms with Crippen LogP contribution in [0.25, 0.3) is 0 Å². The van der Waals surface area contributed by atoms with Crippen molar-refractivity contribution in [1.29, 1.82) is 0 Å². The number of hydrogen-bond donors (Lipinski definition) is 1. The number of piperazine rings is 1. The summed E-state index contributed by atoms with van der Waals surface area (Å²) in [6.07, 6.45) is 2.98. The lowest BCUT2D eigenvalue weighted by atomic mass is 9.92. The Bertz CT molecular complexity index is 293. The van der Waals surface area contributed by atoms with Crippen LogP contribution >= 0.6 is 0 Å². The number of nitrogens with zero attached hydrogens (tertiary/aromatic N) is 1. The van der Waals surface area contributed by atoms with E-state index in [9.17, 15) is 0 Å². The topological polar surface area (TPSA) is 24.5 Å². The lowest BCUT2D eigenvalue weighted by molar-refractivity contribution is 0.0507. The van der Waals surface area contributed by atoms with E-state index < -0.39 is 0 Å². The van der Waals surface area contributed by atoms with Crippen molar-refractivity contribution in [3.63, 3.8) is 0 Å². The highest BCUT2D eigenvalue weighted by atomic mass is 16.5. The van der Waals surface area contributed by atoms with Crippen molar-refractivity contribution in [2.75, 3.05) is 26.2 Å². The van der Waals surface area contributed by atoms with Gasteiger partial charge in [0.05, 0.1) is 6.10 Å². The highest BCUT2D eigenvalue weighted by Crippen LogP contribution is 2.25. The minimum Gasteiger partial charge on any atom is -0.378 e. The summed E-state index contributed by atoms with van der Waals surface area (Å²) in [6.45, 7) is 16.2. The van der Waals surface area contributed by atoms with Crippen LogP contribution in [-0.2, 0) is 4.74 Å². The van der Waals surface area contributed by atoms with Gasteiger partial charge in [0.25, 0.3) is 0 Å². The van der Waals surface area contributed by atoms with E-state index in [0.29, 0.717) is 18.2 Å². The van der Waals surface area contributed by atoms with Crippen LogP contribution in [0.3, 0.4) is 0 Å². The Hall–Kier alpha value is -0.120. The molecule has 0 spiro atoms. The zero-order valence-corrected chi connectivity index (χ0v) is 14.1. The molecule has 3 nitrogen and oxygen atoms in total. The highest BCUT2D eigenvalue weighted by molar-refractivity contribution is 4.90. The van der Waals surface area contributed by atoms with Gasteiger partial charge in [0.2, 0.25) is 0 Å². The third kappa shape index (κ3) is 4.19. The molecule has 0 saturated carbocycles. The fourth-order valence-corrected chi connectivity index (χ4v) is 3.81. The van der Waals surface area contributed by atoms with E-state index in [1.807, 2.05) is 0 Å². The Morgan fingerprint density at radius 1 is 1.25 bits per heavy atom. The predicted octanol–water partition coefficient (Wildman–Crippen LogP) is 2.76. The third-order valence-electron chi connectivity index (χ3n) is 5.07. The Morgan fingerprint density at radius 3 is 2.55 bits per heavy atom. The molecule has 2 aliphatic heterocycles. The van der Waals surface area contributed by atoms with Crippen LogP contribution in [0.1, 0.15) is 47.5 Å². The molecule has 2 saturated heterocycles. The summed E-state index contributed by atoms with van der Waals surface area (Å²) in [5, 5.41) is 3.78. The number of ether oxygens (including phenoxy) is 1. The first-order chi connectivity index (χ1) is 9.47. The molecular weight excluding hydrogens is 248 g/mol. The summed E-state index contributed by atoms with van der Waals surface area (Å²) in [5.41, 5.74) is 0. The molecule has 0 radical (unpaired) electrons. The van der Waals surface area contributed by atoms with Crippen LogP contribution in [0.5, 0.6) is 0 Å². The fraction of sp³-hybridized carbons (Fsp3) is 1.00. The summed E-state index contributed by atoms with van der Waals surface area (Å²) in [5.74, 6) is 2.23. The van der Waals surface area contributed by atoms with Gasteiger partial charge in [0.15, 0.2) is 0 Å². The van der Waals surface area contributed by atoms with Gasteiger partial charge in [0.1, 0.15) is 0 Å². The van der Waals surface area contributed by atoms with E-state index in [4.69, 9.17) is 4.74 Å². The molecule has 0 aromatic carbocycles. The fourth-order valence-electron chi connectivity index (χ4n) is 3.81. The molecule has 4 atom stereocenters. The van der Waals surface area contributed by atoms with Crippen molar-refractivity contribution < 1.29 is 4.74 Å². The first kappa shape index (κ1) is 16.3. The second-order valence-electron chi connectivity index (χ2n) is 7.62. The molecule has 4 unspecified atom stereocenters. The van der Waals surface area contributed by atoms with Crippen molar-refractivity contribution >= 4 is 0 Å². The van der Waals surface area contributed by atoms with Crippen molar-refractivity contribution in [2.24, 2.45) is 17.8 Å². The Balaban J connectivity index is 1.95. The third-order valence-corrected chi connectivity index (χ3v) is 5.07. The van der Waals surface area contributed by atoms with Crippen molar-refractivity contribution in [2.45, 2.75) is 65.6 Å². The van der Waals surface area contributed by atoms with E-state index in [-0.39, 0.29) is 0 Å². The molecule has 0 aliphatic carbocycles. The van der Waals surface area contributed by atoms with E-state index in [1.54, 1.807) is 0 Å². The molecule has 118 valence electrons. The van der Waals surface area contributed by atoms with Gasteiger partial charge in [0, 0.05) is 38.3 Å². The van der Waals surface area contributed by atoms with Crippen molar-refractivity contribution in [1.82, 2.24) is 10.2 Å². The van der Waals surface area contributed by atoms with Crippen LogP contribution in [0, 0.1) is 17.8 Å². The zero-order chi connectivity index (χ0) is 14.7. The van der Waals surface area contributed by atoms with Crippen LogP contribution < -0.4 is 5.32 Å². The second-order valence-corrected chi connectivity index (χ2v) is 7.62. The Labute approximate surface area is 125 Å². The molecule has 3 heteroatoms. The average molecular weight is 282 g/mol. The largest absolute Gasteiger partial charge is 0.378 e.